The van der Waals surface area contributed by atoms with Crippen LogP contribution in [0.3, 0.4) is 0 Å². The molecule has 1 aromatic carbocycles. The molecule has 7 heteroatoms. The van der Waals surface area contributed by atoms with E-state index in [-0.39, 0.29) is 5.69 Å². The van der Waals surface area contributed by atoms with Gasteiger partial charge in [-0.3, -0.25) is 4.79 Å². The van der Waals surface area contributed by atoms with Crippen LogP contribution < -0.4 is 5.32 Å². The smallest absolute Gasteiger partial charge is 0.321 e. The third-order valence-corrected chi connectivity index (χ3v) is 2.86. The summed E-state index contributed by atoms with van der Waals surface area (Å²) >= 11 is 3.13. The standard InChI is InChI=1S/C10H8BrF4NO/c1-5-2-3-6(4-7(5)11)16-9(17)10(14,15)8(12)13/h2-4,8H,1H3,(H,16,17). The summed E-state index contributed by atoms with van der Waals surface area (Å²) in [6.45, 7) is 1.75. The summed E-state index contributed by atoms with van der Waals surface area (Å²) < 4.78 is 49.6. The first-order chi connectivity index (χ1) is 7.75. The van der Waals surface area contributed by atoms with Crippen LogP contribution in [0.15, 0.2) is 22.7 Å². The van der Waals surface area contributed by atoms with Crippen molar-refractivity contribution < 1.29 is 22.4 Å². The summed E-state index contributed by atoms with van der Waals surface area (Å²) in [5, 5.41) is 1.73. The number of anilines is 1. The Morgan fingerprint density at radius 2 is 2.00 bits per heavy atom. The number of carbonyl (C=O) groups excluding carboxylic acids is 1. The third kappa shape index (κ3) is 3.18. The number of carbonyl (C=O) groups is 1. The van der Waals surface area contributed by atoms with Crippen LogP contribution in [0.5, 0.6) is 0 Å². The van der Waals surface area contributed by atoms with Crippen LogP contribution in [0.1, 0.15) is 5.56 Å². The lowest BCUT2D eigenvalue weighted by molar-refractivity contribution is -0.163. The molecule has 0 saturated carbocycles. The molecule has 0 radical (unpaired) electrons. The Morgan fingerprint density at radius 3 is 2.47 bits per heavy atom. The number of alkyl halides is 4. The average molecular weight is 314 g/mol. The molecule has 2 nitrogen and oxygen atoms in total. The molecule has 0 heterocycles. The summed E-state index contributed by atoms with van der Waals surface area (Å²) in [5.41, 5.74) is 0.844. The number of hydrogen-bond acceptors (Lipinski definition) is 1. The van der Waals surface area contributed by atoms with Crippen molar-refractivity contribution in [3.63, 3.8) is 0 Å². The lowest BCUT2D eigenvalue weighted by Crippen LogP contribution is -2.40. The number of aryl methyl sites for hydroxylation is 1. The molecule has 0 fully saturated rings. The van der Waals surface area contributed by atoms with Crippen molar-refractivity contribution in [2.45, 2.75) is 19.3 Å². The minimum Gasteiger partial charge on any atom is -0.321 e. The summed E-state index contributed by atoms with van der Waals surface area (Å²) in [4.78, 5) is 10.9. The van der Waals surface area contributed by atoms with Gasteiger partial charge >= 0.3 is 18.3 Å². The first-order valence-corrected chi connectivity index (χ1v) is 5.28. The fraction of sp³-hybridized carbons (Fsp3) is 0.300. The van der Waals surface area contributed by atoms with Gasteiger partial charge in [-0.05, 0) is 24.6 Å². The Morgan fingerprint density at radius 1 is 1.41 bits per heavy atom. The minimum absolute atomic E-state index is 0.0211. The Kier molecular flexibility index (Phi) is 4.13. The Bertz CT molecular complexity index is 436. The third-order valence-electron chi connectivity index (χ3n) is 2.01. The van der Waals surface area contributed by atoms with Gasteiger partial charge < -0.3 is 5.32 Å². The van der Waals surface area contributed by atoms with Gasteiger partial charge in [0.15, 0.2) is 0 Å². The number of nitrogens with one attached hydrogen (secondary N) is 1. The molecule has 1 amide bonds. The second kappa shape index (κ2) is 5.03. The van der Waals surface area contributed by atoms with Gasteiger partial charge in [-0.2, -0.15) is 8.78 Å². The Labute approximate surface area is 103 Å². The molecule has 0 aliphatic heterocycles. The van der Waals surface area contributed by atoms with Gasteiger partial charge in [-0.25, -0.2) is 8.78 Å². The average Bonchev–Trinajstić information content (AvgIpc) is 2.23. The quantitative estimate of drug-likeness (QED) is 0.849. The van der Waals surface area contributed by atoms with Crippen LogP contribution >= 0.6 is 15.9 Å². The van der Waals surface area contributed by atoms with E-state index in [2.05, 4.69) is 15.9 Å². The van der Waals surface area contributed by atoms with E-state index >= 15 is 0 Å². The van der Waals surface area contributed by atoms with Crippen molar-refractivity contribution in [3.05, 3.63) is 28.2 Å². The molecule has 1 N–H and O–H groups in total. The molecule has 0 saturated heterocycles. The van der Waals surface area contributed by atoms with E-state index in [1.54, 1.807) is 18.3 Å². The monoisotopic (exact) mass is 313 g/mol. The van der Waals surface area contributed by atoms with E-state index < -0.39 is 18.3 Å². The molecule has 94 valence electrons. The molecular weight excluding hydrogens is 306 g/mol. The maximum atomic E-state index is 12.6. The summed E-state index contributed by atoms with van der Waals surface area (Å²) in [6.07, 6.45) is -4.03. The molecule has 0 aromatic heterocycles. The minimum atomic E-state index is -4.70. The molecule has 1 rings (SSSR count). The highest BCUT2D eigenvalue weighted by molar-refractivity contribution is 9.10. The van der Waals surface area contributed by atoms with E-state index in [0.29, 0.717) is 4.47 Å². The van der Waals surface area contributed by atoms with Crippen molar-refractivity contribution >= 4 is 27.5 Å². The number of halogens is 5. The number of benzene rings is 1. The number of hydrogen-bond donors (Lipinski definition) is 1. The van der Waals surface area contributed by atoms with E-state index in [4.69, 9.17) is 0 Å². The van der Waals surface area contributed by atoms with Crippen LogP contribution in [0, 0.1) is 6.92 Å². The highest BCUT2D eigenvalue weighted by Crippen LogP contribution is 2.26. The molecule has 17 heavy (non-hydrogen) atoms. The topological polar surface area (TPSA) is 29.1 Å². The van der Waals surface area contributed by atoms with Gasteiger partial charge in [0.25, 0.3) is 0 Å². The Hall–Kier alpha value is -1.11. The maximum absolute atomic E-state index is 12.6. The van der Waals surface area contributed by atoms with E-state index in [0.717, 1.165) is 5.56 Å². The fourth-order valence-electron chi connectivity index (χ4n) is 0.984. The lowest BCUT2D eigenvalue weighted by Gasteiger charge is -2.15. The molecule has 0 spiro atoms. The summed E-state index contributed by atoms with van der Waals surface area (Å²) in [7, 11) is 0. The summed E-state index contributed by atoms with van der Waals surface area (Å²) in [5.74, 6) is -6.72. The van der Waals surface area contributed by atoms with E-state index in [1.807, 2.05) is 0 Å². The van der Waals surface area contributed by atoms with Crippen molar-refractivity contribution in [3.8, 4) is 0 Å². The van der Waals surface area contributed by atoms with Crippen LogP contribution in [-0.4, -0.2) is 18.3 Å². The molecule has 1 aromatic rings. The maximum Gasteiger partial charge on any atom is 0.383 e. The Balaban J connectivity index is 2.85. The second-order valence-electron chi connectivity index (χ2n) is 3.34. The van der Waals surface area contributed by atoms with Gasteiger partial charge in [0.2, 0.25) is 0 Å². The number of rotatable bonds is 3. The zero-order valence-electron chi connectivity index (χ0n) is 8.61. The summed E-state index contributed by atoms with van der Waals surface area (Å²) in [6, 6.07) is 4.26. The van der Waals surface area contributed by atoms with Gasteiger partial charge in [-0.15, -0.1) is 0 Å². The highest BCUT2D eigenvalue weighted by Gasteiger charge is 2.48. The van der Waals surface area contributed by atoms with Crippen molar-refractivity contribution in [2.24, 2.45) is 0 Å². The molecule has 0 unspecified atom stereocenters. The predicted octanol–water partition coefficient (Wildman–Crippen LogP) is 3.60. The van der Waals surface area contributed by atoms with Crippen molar-refractivity contribution in [1.82, 2.24) is 0 Å². The molecule has 0 bridgehead atoms. The lowest BCUT2D eigenvalue weighted by atomic mass is 10.2. The fourth-order valence-corrected chi connectivity index (χ4v) is 1.36. The second-order valence-corrected chi connectivity index (χ2v) is 4.20. The van der Waals surface area contributed by atoms with Crippen LogP contribution in [0.2, 0.25) is 0 Å². The highest BCUT2D eigenvalue weighted by atomic mass is 79.9. The van der Waals surface area contributed by atoms with Gasteiger partial charge in [0, 0.05) is 10.2 Å². The van der Waals surface area contributed by atoms with Crippen molar-refractivity contribution in [2.75, 3.05) is 5.32 Å². The normalized spacial score (nSPS) is 11.7. The zero-order valence-corrected chi connectivity index (χ0v) is 10.2. The largest absolute Gasteiger partial charge is 0.383 e. The molecule has 0 aliphatic carbocycles. The predicted molar refractivity (Wildman–Crippen MR) is 58.5 cm³/mol. The SMILES string of the molecule is Cc1ccc(NC(=O)C(F)(F)C(F)F)cc1Br. The zero-order chi connectivity index (χ0) is 13.2. The number of amides is 1. The first kappa shape index (κ1) is 14.0. The first-order valence-electron chi connectivity index (χ1n) is 4.48. The van der Waals surface area contributed by atoms with E-state index in [1.165, 1.54) is 12.1 Å². The van der Waals surface area contributed by atoms with Crippen LogP contribution in [0.4, 0.5) is 23.2 Å². The van der Waals surface area contributed by atoms with Crippen molar-refractivity contribution in [1.29, 1.82) is 0 Å². The molecule has 0 aliphatic rings. The van der Waals surface area contributed by atoms with Gasteiger partial charge in [0.1, 0.15) is 0 Å². The van der Waals surface area contributed by atoms with Crippen LogP contribution in [0.25, 0.3) is 0 Å². The molecular formula is C10H8BrF4NO. The van der Waals surface area contributed by atoms with Gasteiger partial charge in [-0.1, -0.05) is 22.0 Å². The van der Waals surface area contributed by atoms with Gasteiger partial charge in [0.05, 0.1) is 0 Å². The van der Waals surface area contributed by atoms with Crippen LogP contribution in [-0.2, 0) is 4.79 Å². The molecule has 0 atom stereocenters. The van der Waals surface area contributed by atoms with E-state index in [9.17, 15) is 22.4 Å².